The topological polar surface area (TPSA) is 127 Å². The molecule has 0 aliphatic heterocycles. The van der Waals surface area contributed by atoms with Crippen LogP contribution < -0.4 is 11.5 Å². The number of carboxylic acids is 2. The molecule has 0 saturated carbocycles. The largest absolute Gasteiger partial charge is 0.480 e. The molecule has 0 fully saturated rings. The van der Waals surface area contributed by atoms with Crippen molar-refractivity contribution in [2.24, 2.45) is 11.5 Å². The highest BCUT2D eigenvalue weighted by molar-refractivity contribution is 5.73. The van der Waals surface area contributed by atoms with Gasteiger partial charge in [0.15, 0.2) is 0 Å². The second kappa shape index (κ2) is 10.4. The number of hydrogen-bond donors (Lipinski definition) is 4. The van der Waals surface area contributed by atoms with Gasteiger partial charge in [-0.3, -0.25) is 9.59 Å². The molecule has 0 bridgehead atoms. The summed E-state index contributed by atoms with van der Waals surface area (Å²) in [6.07, 6.45) is 2.78. The van der Waals surface area contributed by atoms with Crippen LogP contribution in [-0.2, 0) is 9.59 Å². The van der Waals surface area contributed by atoms with Gasteiger partial charge in [0, 0.05) is 0 Å². The van der Waals surface area contributed by atoms with Crippen LogP contribution in [-0.4, -0.2) is 34.2 Å². The van der Waals surface area contributed by atoms with E-state index in [2.05, 4.69) is 0 Å². The van der Waals surface area contributed by atoms with Crippen molar-refractivity contribution in [1.29, 1.82) is 0 Å². The Morgan fingerprint density at radius 1 is 0.938 bits per heavy atom. The van der Waals surface area contributed by atoms with E-state index in [4.69, 9.17) is 21.7 Å². The third-order valence-corrected chi connectivity index (χ3v) is 1.83. The van der Waals surface area contributed by atoms with Gasteiger partial charge in [-0.15, -0.1) is 0 Å². The lowest BCUT2D eigenvalue weighted by Crippen LogP contribution is -2.29. The minimum atomic E-state index is -0.910. The maximum atomic E-state index is 9.96. The molecule has 0 heterocycles. The molecule has 0 spiro atoms. The summed E-state index contributed by atoms with van der Waals surface area (Å²) < 4.78 is 0. The summed E-state index contributed by atoms with van der Waals surface area (Å²) in [5.74, 6) is -1.82. The normalized spacial score (nSPS) is 13.2. The molecule has 0 aliphatic rings. The molecule has 16 heavy (non-hydrogen) atoms. The molecule has 0 radical (unpaired) electrons. The van der Waals surface area contributed by atoms with Crippen molar-refractivity contribution >= 4 is 11.9 Å². The standard InChI is InChI=1S/2C5H11NO2/c2*1-2-3-4(6)5(7)8/h2*4H,2-3,6H2,1H3,(H,7,8)/t2*4-/m10/s1. The molecule has 6 N–H and O–H groups in total. The Morgan fingerprint density at radius 2 is 1.19 bits per heavy atom. The zero-order valence-corrected chi connectivity index (χ0v) is 9.85. The van der Waals surface area contributed by atoms with Crippen molar-refractivity contribution in [1.82, 2.24) is 0 Å². The first-order valence-electron chi connectivity index (χ1n) is 5.33. The SMILES string of the molecule is CCC[C@@H](N)C(=O)O.CCC[C@H](N)C(=O)O. The fourth-order valence-corrected chi connectivity index (χ4v) is 0.869. The van der Waals surface area contributed by atoms with Gasteiger partial charge in [-0.1, -0.05) is 26.7 Å². The molecule has 0 aromatic rings. The Labute approximate surface area is 95.6 Å². The van der Waals surface area contributed by atoms with E-state index in [1.54, 1.807) is 0 Å². The zero-order valence-electron chi connectivity index (χ0n) is 9.85. The quantitative estimate of drug-likeness (QED) is 0.526. The van der Waals surface area contributed by atoms with Gasteiger partial charge in [0.1, 0.15) is 12.1 Å². The van der Waals surface area contributed by atoms with Crippen LogP contribution in [0.1, 0.15) is 39.5 Å². The number of hydrogen-bond acceptors (Lipinski definition) is 4. The van der Waals surface area contributed by atoms with Gasteiger partial charge in [-0.05, 0) is 12.8 Å². The van der Waals surface area contributed by atoms with E-state index < -0.39 is 24.0 Å². The second-order valence-corrected chi connectivity index (χ2v) is 3.47. The lowest BCUT2D eigenvalue weighted by Gasteiger charge is -2.00. The van der Waals surface area contributed by atoms with E-state index in [9.17, 15) is 9.59 Å². The Hall–Kier alpha value is -1.14. The highest BCUT2D eigenvalue weighted by Crippen LogP contribution is 1.91. The molecular formula is C10H22N2O4. The molecule has 0 aromatic heterocycles. The summed E-state index contributed by atoms with van der Waals surface area (Å²) >= 11 is 0. The molecule has 0 rings (SSSR count). The molecule has 2 atom stereocenters. The lowest BCUT2D eigenvalue weighted by atomic mass is 10.2. The van der Waals surface area contributed by atoms with Crippen molar-refractivity contribution in [3.63, 3.8) is 0 Å². The molecule has 6 heteroatoms. The lowest BCUT2D eigenvalue weighted by molar-refractivity contribution is -0.139. The molecule has 96 valence electrons. The third-order valence-electron chi connectivity index (χ3n) is 1.83. The van der Waals surface area contributed by atoms with Crippen molar-refractivity contribution in [2.75, 3.05) is 0 Å². The fourth-order valence-electron chi connectivity index (χ4n) is 0.869. The predicted octanol–water partition coefficient (Wildman–Crippen LogP) is 0.397. The van der Waals surface area contributed by atoms with Gasteiger partial charge in [-0.25, -0.2) is 0 Å². The summed E-state index contributed by atoms with van der Waals surface area (Å²) in [5.41, 5.74) is 10.3. The van der Waals surface area contributed by atoms with E-state index in [1.165, 1.54) is 0 Å². The number of rotatable bonds is 6. The molecule has 0 aliphatic carbocycles. The van der Waals surface area contributed by atoms with Crippen LogP contribution in [0.15, 0.2) is 0 Å². The van der Waals surface area contributed by atoms with Crippen LogP contribution in [0.25, 0.3) is 0 Å². The van der Waals surface area contributed by atoms with Crippen molar-refractivity contribution < 1.29 is 19.8 Å². The molecule has 0 unspecified atom stereocenters. The van der Waals surface area contributed by atoms with Gasteiger partial charge in [0.25, 0.3) is 0 Å². The smallest absolute Gasteiger partial charge is 0.320 e. The number of carbonyl (C=O) groups is 2. The molecule has 0 aromatic carbocycles. The summed E-state index contributed by atoms with van der Waals surface area (Å²) in [6.45, 7) is 3.81. The van der Waals surface area contributed by atoms with Crippen LogP contribution in [0, 0.1) is 0 Å². The average molecular weight is 234 g/mol. The van der Waals surface area contributed by atoms with Crippen LogP contribution in [0.2, 0.25) is 0 Å². The van der Waals surface area contributed by atoms with Gasteiger partial charge < -0.3 is 21.7 Å². The van der Waals surface area contributed by atoms with Crippen molar-refractivity contribution in [3.05, 3.63) is 0 Å². The highest BCUT2D eigenvalue weighted by Gasteiger charge is 2.08. The number of aliphatic carboxylic acids is 2. The van der Waals surface area contributed by atoms with Gasteiger partial charge in [-0.2, -0.15) is 0 Å². The van der Waals surface area contributed by atoms with Crippen LogP contribution in [0.4, 0.5) is 0 Å². The minimum absolute atomic E-state index is 0.565. The molecule has 0 saturated heterocycles. The highest BCUT2D eigenvalue weighted by atomic mass is 16.4. The number of carboxylic acid groups (broad SMARTS) is 2. The van der Waals surface area contributed by atoms with E-state index in [0.29, 0.717) is 12.8 Å². The van der Waals surface area contributed by atoms with Gasteiger partial charge in [0.05, 0.1) is 0 Å². The Morgan fingerprint density at radius 3 is 1.25 bits per heavy atom. The minimum Gasteiger partial charge on any atom is -0.480 e. The van der Waals surface area contributed by atoms with Crippen LogP contribution in [0.3, 0.4) is 0 Å². The van der Waals surface area contributed by atoms with E-state index in [-0.39, 0.29) is 0 Å². The third kappa shape index (κ3) is 10.9. The summed E-state index contributed by atoms with van der Waals surface area (Å²) in [7, 11) is 0. The van der Waals surface area contributed by atoms with Crippen molar-refractivity contribution in [3.8, 4) is 0 Å². The molecule has 6 nitrogen and oxygen atoms in total. The first-order chi connectivity index (χ1) is 7.36. The van der Waals surface area contributed by atoms with Gasteiger partial charge in [0.2, 0.25) is 0 Å². The summed E-state index contributed by atoms with van der Waals surface area (Å²) in [4.78, 5) is 19.9. The van der Waals surface area contributed by atoms with Crippen LogP contribution in [0.5, 0.6) is 0 Å². The van der Waals surface area contributed by atoms with E-state index in [0.717, 1.165) is 12.8 Å². The van der Waals surface area contributed by atoms with Crippen molar-refractivity contribution in [2.45, 2.75) is 51.6 Å². The summed E-state index contributed by atoms with van der Waals surface area (Å²) in [5, 5.41) is 16.4. The van der Waals surface area contributed by atoms with E-state index >= 15 is 0 Å². The monoisotopic (exact) mass is 234 g/mol. The average Bonchev–Trinajstić information content (AvgIpc) is 2.19. The van der Waals surface area contributed by atoms with Gasteiger partial charge >= 0.3 is 11.9 Å². The first kappa shape index (κ1) is 17.3. The maximum Gasteiger partial charge on any atom is 0.320 e. The second-order valence-electron chi connectivity index (χ2n) is 3.47. The fraction of sp³-hybridized carbons (Fsp3) is 0.800. The summed E-state index contributed by atoms with van der Waals surface area (Å²) in [6, 6.07) is -1.33. The Balaban J connectivity index is 0. The maximum absolute atomic E-state index is 9.96. The van der Waals surface area contributed by atoms with E-state index in [1.807, 2.05) is 13.8 Å². The first-order valence-corrected chi connectivity index (χ1v) is 5.33. The zero-order chi connectivity index (χ0) is 13.1. The number of nitrogens with two attached hydrogens (primary N) is 2. The molecular weight excluding hydrogens is 212 g/mol. The van der Waals surface area contributed by atoms with Crippen LogP contribution >= 0.6 is 0 Å². The molecule has 0 amide bonds. The Bertz CT molecular complexity index is 187. The Kier molecular flexibility index (Phi) is 11.2. The predicted molar refractivity (Wildman–Crippen MR) is 61.0 cm³/mol.